The average molecular weight is 342 g/mol. The minimum absolute atomic E-state index is 0.299. The smallest absolute Gasteiger partial charge is 0.319 e. The summed E-state index contributed by atoms with van der Waals surface area (Å²) in [6, 6.07) is 10.6. The van der Waals surface area contributed by atoms with E-state index in [0.29, 0.717) is 55.9 Å². The fourth-order valence-corrected chi connectivity index (χ4v) is 2.68. The maximum Gasteiger partial charge on any atom is 0.319 e. The molecule has 0 radical (unpaired) electrons. The van der Waals surface area contributed by atoms with Crippen LogP contribution in [-0.2, 0) is 6.54 Å². The van der Waals surface area contributed by atoms with Gasteiger partial charge in [-0.2, -0.15) is 0 Å². The minimum atomic E-state index is -0.299. The summed E-state index contributed by atoms with van der Waals surface area (Å²) in [5, 5.41) is 5.60. The fourth-order valence-electron chi connectivity index (χ4n) is 2.68. The Hall–Kier alpha value is -3.09. The summed E-state index contributed by atoms with van der Waals surface area (Å²) < 4.78 is 22.0. The quantitative estimate of drug-likeness (QED) is 0.896. The van der Waals surface area contributed by atoms with Crippen molar-refractivity contribution in [2.45, 2.75) is 6.54 Å². The van der Waals surface area contributed by atoms with E-state index in [2.05, 4.69) is 10.6 Å². The van der Waals surface area contributed by atoms with E-state index in [4.69, 9.17) is 18.9 Å². The van der Waals surface area contributed by atoms with Crippen LogP contribution in [0.5, 0.6) is 23.0 Å². The minimum Gasteiger partial charge on any atom is -0.486 e. The van der Waals surface area contributed by atoms with E-state index in [0.717, 1.165) is 11.3 Å². The van der Waals surface area contributed by atoms with Crippen LogP contribution in [0.2, 0.25) is 0 Å². The van der Waals surface area contributed by atoms with Gasteiger partial charge in [0.15, 0.2) is 23.0 Å². The highest BCUT2D eigenvalue weighted by atomic mass is 16.6. The van der Waals surface area contributed by atoms with Gasteiger partial charge in [-0.1, -0.05) is 6.07 Å². The Labute approximate surface area is 144 Å². The third-order valence-electron chi connectivity index (χ3n) is 3.86. The van der Waals surface area contributed by atoms with E-state index in [-0.39, 0.29) is 6.03 Å². The maximum absolute atomic E-state index is 12.1. The molecule has 2 aromatic rings. The molecule has 0 unspecified atom stereocenters. The molecule has 0 atom stereocenters. The summed E-state index contributed by atoms with van der Waals surface area (Å²) in [4.78, 5) is 12.1. The number of carbonyl (C=O) groups excluding carboxylic acids is 1. The Morgan fingerprint density at radius 3 is 2.12 bits per heavy atom. The van der Waals surface area contributed by atoms with Gasteiger partial charge in [-0.3, -0.25) is 0 Å². The normalized spacial score (nSPS) is 14.6. The number of ether oxygens (including phenoxy) is 4. The van der Waals surface area contributed by atoms with Gasteiger partial charge >= 0.3 is 6.03 Å². The van der Waals surface area contributed by atoms with Gasteiger partial charge < -0.3 is 29.6 Å². The second kappa shape index (κ2) is 6.80. The second-order valence-corrected chi connectivity index (χ2v) is 5.64. The standard InChI is InChI=1S/C18H18N2O5/c21-18(20-13-2-4-15-17(10-13)25-8-6-23-15)19-11-12-1-3-14-16(9-12)24-7-5-22-14/h1-4,9-10H,5-8,11H2,(H2,19,20,21). The van der Waals surface area contributed by atoms with Crippen molar-refractivity contribution in [1.29, 1.82) is 0 Å². The number of urea groups is 1. The molecule has 2 N–H and O–H groups in total. The third kappa shape index (κ3) is 3.55. The summed E-state index contributed by atoms with van der Waals surface area (Å²) in [6.45, 7) is 2.52. The SMILES string of the molecule is O=C(NCc1ccc2c(c1)OCCO2)Nc1ccc2c(c1)OCCO2. The summed E-state index contributed by atoms with van der Waals surface area (Å²) in [5.41, 5.74) is 1.57. The molecule has 0 saturated carbocycles. The van der Waals surface area contributed by atoms with Gasteiger partial charge in [-0.15, -0.1) is 0 Å². The number of hydrogen-bond donors (Lipinski definition) is 2. The molecule has 0 bridgehead atoms. The first-order chi connectivity index (χ1) is 12.3. The van der Waals surface area contributed by atoms with Crippen LogP contribution in [0.3, 0.4) is 0 Å². The summed E-state index contributed by atoms with van der Waals surface area (Å²) in [5.74, 6) is 2.76. The van der Waals surface area contributed by atoms with Crippen LogP contribution in [0.4, 0.5) is 10.5 Å². The first-order valence-corrected chi connectivity index (χ1v) is 8.11. The lowest BCUT2D eigenvalue weighted by atomic mass is 10.2. The van der Waals surface area contributed by atoms with Crippen LogP contribution in [0.25, 0.3) is 0 Å². The molecule has 2 amide bonds. The Morgan fingerprint density at radius 1 is 0.800 bits per heavy atom. The van der Waals surface area contributed by atoms with Crippen LogP contribution in [0, 0.1) is 0 Å². The van der Waals surface area contributed by atoms with E-state index >= 15 is 0 Å². The number of anilines is 1. The number of hydrogen-bond acceptors (Lipinski definition) is 5. The first kappa shape index (κ1) is 15.4. The number of rotatable bonds is 3. The van der Waals surface area contributed by atoms with Crippen molar-refractivity contribution in [2.75, 3.05) is 31.7 Å². The van der Waals surface area contributed by atoms with Crippen molar-refractivity contribution in [1.82, 2.24) is 5.32 Å². The van der Waals surface area contributed by atoms with Gasteiger partial charge in [-0.25, -0.2) is 4.79 Å². The lowest BCUT2D eigenvalue weighted by molar-refractivity contribution is 0.171. The van der Waals surface area contributed by atoms with Crippen molar-refractivity contribution >= 4 is 11.7 Å². The predicted molar refractivity (Wildman–Crippen MR) is 90.7 cm³/mol. The maximum atomic E-state index is 12.1. The van der Waals surface area contributed by atoms with E-state index in [1.165, 1.54) is 0 Å². The largest absolute Gasteiger partial charge is 0.486 e. The van der Waals surface area contributed by atoms with E-state index < -0.39 is 0 Å². The molecule has 7 nitrogen and oxygen atoms in total. The highest BCUT2D eigenvalue weighted by Crippen LogP contribution is 2.33. The number of carbonyl (C=O) groups is 1. The molecule has 2 heterocycles. The van der Waals surface area contributed by atoms with Gasteiger partial charge in [-0.05, 0) is 29.8 Å². The molecule has 0 fully saturated rings. The molecule has 0 aliphatic carbocycles. The molecule has 2 aromatic carbocycles. The predicted octanol–water partition coefficient (Wildman–Crippen LogP) is 2.55. The fraction of sp³-hybridized carbons (Fsp3) is 0.278. The molecule has 7 heteroatoms. The van der Waals surface area contributed by atoms with Crippen molar-refractivity contribution in [3.8, 4) is 23.0 Å². The van der Waals surface area contributed by atoms with E-state index in [1.807, 2.05) is 18.2 Å². The molecule has 130 valence electrons. The number of amides is 2. The zero-order chi connectivity index (χ0) is 17.1. The molecular formula is C18H18N2O5. The average Bonchev–Trinajstić information content (AvgIpc) is 2.66. The topological polar surface area (TPSA) is 78.1 Å². The Morgan fingerprint density at radius 2 is 1.40 bits per heavy atom. The zero-order valence-corrected chi connectivity index (χ0v) is 13.5. The van der Waals surface area contributed by atoms with Crippen LogP contribution >= 0.6 is 0 Å². The Balaban J connectivity index is 1.35. The molecule has 0 aromatic heterocycles. The molecule has 25 heavy (non-hydrogen) atoms. The summed E-state index contributed by atoms with van der Waals surface area (Å²) >= 11 is 0. The lowest BCUT2D eigenvalue weighted by Gasteiger charge is -2.19. The second-order valence-electron chi connectivity index (χ2n) is 5.64. The third-order valence-corrected chi connectivity index (χ3v) is 3.86. The molecule has 0 saturated heterocycles. The summed E-state index contributed by atoms with van der Waals surface area (Å²) in [7, 11) is 0. The molecule has 2 aliphatic heterocycles. The van der Waals surface area contributed by atoms with Crippen LogP contribution < -0.4 is 29.6 Å². The van der Waals surface area contributed by atoms with Crippen LogP contribution in [0.1, 0.15) is 5.56 Å². The van der Waals surface area contributed by atoms with Gasteiger partial charge in [0, 0.05) is 18.3 Å². The Kier molecular flexibility index (Phi) is 4.20. The molecule has 4 rings (SSSR count). The monoisotopic (exact) mass is 342 g/mol. The van der Waals surface area contributed by atoms with Crippen molar-refractivity contribution in [3.05, 3.63) is 42.0 Å². The first-order valence-electron chi connectivity index (χ1n) is 8.11. The van der Waals surface area contributed by atoms with Crippen molar-refractivity contribution in [3.63, 3.8) is 0 Å². The van der Waals surface area contributed by atoms with Gasteiger partial charge in [0.25, 0.3) is 0 Å². The molecule has 0 spiro atoms. The highest BCUT2D eigenvalue weighted by molar-refractivity contribution is 5.89. The van der Waals surface area contributed by atoms with Gasteiger partial charge in [0.05, 0.1) is 0 Å². The molecule has 2 aliphatic rings. The zero-order valence-electron chi connectivity index (χ0n) is 13.5. The summed E-state index contributed by atoms with van der Waals surface area (Å²) in [6.07, 6.45) is 0. The van der Waals surface area contributed by atoms with E-state index in [9.17, 15) is 4.79 Å². The lowest BCUT2D eigenvalue weighted by Crippen LogP contribution is -2.28. The van der Waals surface area contributed by atoms with Crippen LogP contribution in [-0.4, -0.2) is 32.5 Å². The van der Waals surface area contributed by atoms with Crippen molar-refractivity contribution in [2.24, 2.45) is 0 Å². The van der Waals surface area contributed by atoms with Crippen LogP contribution in [0.15, 0.2) is 36.4 Å². The molecular weight excluding hydrogens is 324 g/mol. The number of benzene rings is 2. The van der Waals surface area contributed by atoms with Gasteiger partial charge in [0.2, 0.25) is 0 Å². The highest BCUT2D eigenvalue weighted by Gasteiger charge is 2.14. The van der Waals surface area contributed by atoms with Crippen molar-refractivity contribution < 1.29 is 23.7 Å². The number of nitrogens with one attached hydrogen (secondary N) is 2. The van der Waals surface area contributed by atoms with Gasteiger partial charge in [0.1, 0.15) is 26.4 Å². The Bertz CT molecular complexity index is 793. The number of fused-ring (bicyclic) bond motifs is 2. The van der Waals surface area contributed by atoms with E-state index in [1.54, 1.807) is 18.2 Å².